The molecule has 1 aliphatic carbocycles. The number of halogens is 4. The van der Waals surface area contributed by atoms with Crippen LogP contribution in [-0.4, -0.2) is 6.04 Å². The van der Waals surface area contributed by atoms with Crippen LogP contribution in [0.3, 0.4) is 0 Å². The van der Waals surface area contributed by atoms with Crippen LogP contribution >= 0.6 is 15.9 Å². The van der Waals surface area contributed by atoms with Crippen LogP contribution < -0.4 is 5.32 Å². The Morgan fingerprint density at radius 1 is 1.29 bits per heavy atom. The second-order valence-electron chi connectivity index (χ2n) is 4.31. The van der Waals surface area contributed by atoms with Crippen molar-refractivity contribution >= 4 is 15.9 Å². The maximum absolute atomic E-state index is 12.8. The van der Waals surface area contributed by atoms with Crippen LogP contribution in [-0.2, 0) is 12.7 Å². The molecule has 5 heteroatoms. The maximum atomic E-state index is 12.8. The van der Waals surface area contributed by atoms with Gasteiger partial charge in [-0.1, -0.05) is 28.4 Å². The lowest BCUT2D eigenvalue weighted by Crippen LogP contribution is -2.35. The third kappa shape index (κ3) is 3.22. The summed E-state index contributed by atoms with van der Waals surface area (Å²) >= 11 is 3.07. The molecule has 0 spiro atoms. The zero-order valence-electron chi connectivity index (χ0n) is 9.15. The van der Waals surface area contributed by atoms with E-state index in [0.29, 0.717) is 16.1 Å². The van der Waals surface area contributed by atoms with Crippen LogP contribution in [0.5, 0.6) is 0 Å². The summed E-state index contributed by atoms with van der Waals surface area (Å²) in [7, 11) is 0. The highest BCUT2D eigenvalue weighted by Gasteiger charge is 2.33. The summed E-state index contributed by atoms with van der Waals surface area (Å²) in [5.74, 6) is 0. The molecule has 1 nitrogen and oxygen atoms in total. The van der Waals surface area contributed by atoms with Crippen LogP contribution in [0.25, 0.3) is 0 Å². The molecule has 0 aliphatic heterocycles. The molecule has 0 unspecified atom stereocenters. The van der Waals surface area contributed by atoms with Crippen molar-refractivity contribution in [3.8, 4) is 0 Å². The van der Waals surface area contributed by atoms with Gasteiger partial charge in [-0.25, -0.2) is 0 Å². The predicted molar refractivity (Wildman–Crippen MR) is 63.6 cm³/mol. The molecule has 0 radical (unpaired) electrons. The number of hydrogen-bond donors (Lipinski definition) is 1. The minimum absolute atomic E-state index is 0.285. The first-order valence-electron chi connectivity index (χ1n) is 5.56. The number of nitrogens with one attached hydrogen (secondary N) is 1. The third-order valence-electron chi connectivity index (χ3n) is 3.06. The fourth-order valence-corrected chi connectivity index (χ4v) is 2.19. The van der Waals surface area contributed by atoms with Crippen LogP contribution in [0.1, 0.15) is 30.4 Å². The van der Waals surface area contributed by atoms with Gasteiger partial charge in [-0.3, -0.25) is 0 Å². The molecule has 94 valence electrons. The predicted octanol–water partition coefficient (Wildman–Crippen LogP) is 4.11. The number of rotatable bonds is 3. The number of benzene rings is 1. The molecule has 0 atom stereocenters. The van der Waals surface area contributed by atoms with E-state index in [2.05, 4.69) is 21.2 Å². The fourth-order valence-electron chi connectivity index (χ4n) is 1.83. The summed E-state index contributed by atoms with van der Waals surface area (Å²) in [6.45, 7) is 0.285. The minimum Gasteiger partial charge on any atom is -0.310 e. The normalized spacial score (nSPS) is 16.9. The zero-order valence-corrected chi connectivity index (χ0v) is 10.7. The van der Waals surface area contributed by atoms with Crippen molar-refractivity contribution in [2.45, 2.75) is 38.0 Å². The highest BCUT2D eigenvalue weighted by molar-refractivity contribution is 9.10. The molecule has 0 aromatic heterocycles. The van der Waals surface area contributed by atoms with E-state index in [9.17, 15) is 13.2 Å². The first-order valence-corrected chi connectivity index (χ1v) is 6.35. The Balaban J connectivity index is 2.13. The Bertz CT molecular complexity index is 399. The van der Waals surface area contributed by atoms with E-state index in [-0.39, 0.29) is 6.54 Å². The molecule has 2 rings (SSSR count). The van der Waals surface area contributed by atoms with Gasteiger partial charge in [0, 0.05) is 17.1 Å². The zero-order chi connectivity index (χ0) is 12.5. The highest BCUT2D eigenvalue weighted by atomic mass is 79.9. The Labute approximate surface area is 107 Å². The monoisotopic (exact) mass is 307 g/mol. The Morgan fingerprint density at radius 3 is 2.53 bits per heavy atom. The first kappa shape index (κ1) is 12.9. The van der Waals surface area contributed by atoms with Gasteiger partial charge in [0.25, 0.3) is 0 Å². The molecule has 1 aliphatic rings. The van der Waals surface area contributed by atoms with Gasteiger partial charge in [0.1, 0.15) is 0 Å². The van der Waals surface area contributed by atoms with Crippen molar-refractivity contribution in [2.75, 3.05) is 0 Å². The van der Waals surface area contributed by atoms with Gasteiger partial charge in [0.15, 0.2) is 0 Å². The van der Waals surface area contributed by atoms with E-state index in [0.717, 1.165) is 18.9 Å². The lowest BCUT2D eigenvalue weighted by Gasteiger charge is -2.27. The molecule has 1 fully saturated rings. The van der Waals surface area contributed by atoms with E-state index in [4.69, 9.17) is 0 Å². The standard InChI is InChI=1S/C12H13BrF3N/c13-9-5-4-8(7-17-10-2-1-3-10)11(6-9)12(14,15)16/h4-6,10,17H,1-3,7H2. The van der Waals surface area contributed by atoms with Gasteiger partial charge in [0.2, 0.25) is 0 Å². The van der Waals surface area contributed by atoms with E-state index in [1.54, 1.807) is 6.07 Å². The van der Waals surface area contributed by atoms with Gasteiger partial charge in [-0.15, -0.1) is 0 Å². The van der Waals surface area contributed by atoms with Gasteiger partial charge in [-0.2, -0.15) is 13.2 Å². The lowest BCUT2D eigenvalue weighted by atomic mass is 9.93. The summed E-state index contributed by atoms with van der Waals surface area (Å²) < 4.78 is 38.9. The molecule has 0 amide bonds. The molecule has 0 bridgehead atoms. The topological polar surface area (TPSA) is 12.0 Å². The van der Waals surface area contributed by atoms with Crippen molar-refractivity contribution in [3.63, 3.8) is 0 Å². The Hall–Kier alpha value is -0.550. The molecule has 1 saturated carbocycles. The average molecular weight is 308 g/mol. The molecule has 0 heterocycles. The molecule has 1 aromatic carbocycles. The van der Waals surface area contributed by atoms with Gasteiger partial charge < -0.3 is 5.32 Å². The SMILES string of the molecule is FC(F)(F)c1cc(Br)ccc1CNC1CCC1. The van der Waals surface area contributed by atoms with Crippen LogP contribution in [0, 0.1) is 0 Å². The summed E-state index contributed by atoms with van der Waals surface area (Å²) in [5, 5.41) is 3.15. The van der Waals surface area contributed by atoms with Crippen molar-refractivity contribution in [3.05, 3.63) is 33.8 Å². The van der Waals surface area contributed by atoms with E-state index in [1.807, 2.05) is 0 Å². The van der Waals surface area contributed by atoms with Crippen LogP contribution in [0.4, 0.5) is 13.2 Å². The smallest absolute Gasteiger partial charge is 0.310 e. The van der Waals surface area contributed by atoms with E-state index in [1.165, 1.54) is 12.5 Å². The molecule has 1 aromatic rings. The van der Waals surface area contributed by atoms with E-state index < -0.39 is 11.7 Å². The van der Waals surface area contributed by atoms with Crippen LogP contribution in [0.2, 0.25) is 0 Å². The van der Waals surface area contributed by atoms with Crippen molar-refractivity contribution in [2.24, 2.45) is 0 Å². The summed E-state index contributed by atoms with van der Waals surface area (Å²) in [5.41, 5.74) is -0.244. The Morgan fingerprint density at radius 2 is 2.00 bits per heavy atom. The molecule has 1 N–H and O–H groups in total. The van der Waals surface area contributed by atoms with Gasteiger partial charge in [-0.05, 0) is 30.5 Å². The molecular weight excluding hydrogens is 295 g/mol. The second kappa shape index (κ2) is 4.98. The maximum Gasteiger partial charge on any atom is 0.416 e. The lowest BCUT2D eigenvalue weighted by molar-refractivity contribution is -0.138. The second-order valence-corrected chi connectivity index (χ2v) is 5.22. The Kier molecular flexibility index (Phi) is 3.78. The summed E-state index contributed by atoms with van der Waals surface area (Å²) in [6, 6.07) is 4.70. The molecule has 17 heavy (non-hydrogen) atoms. The largest absolute Gasteiger partial charge is 0.416 e. The van der Waals surface area contributed by atoms with E-state index >= 15 is 0 Å². The summed E-state index contributed by atoms with van der Waals surface area (Å²) in [6.07, 6.45) is -0.986. The average Bonchev–Trinajstić information content (AvgIpc) is 2.16. The quantitative estimate of drug-likeness (QED) is 0.886. The van der Waals surface area contributed by atoms with Crippen LogP contribution in [0.15, 0.2) is 22.7 Å². The minimum atomic E-state index is -4.29. The van der Waals surface area contributed by atoms with Crippen molar-refractivity contribution in [1.29, 1.82) is 0 Å². The van der Waals surface area contributed by atoms with Crippen molar-refractivity contribution in [1.82, 2.24) is 5.32 Å². The molecule has 0 saturated heterocycles. The molecular formula is C12H13BrF3N. The third-order valence-corrected chi connectivity index (χ3v) is 3.56. The van der Waals surface area contributed by atoms with Gasteiger partial charge in [0.05, 0.1) is 5.56 Å². The summed E-state index contributed by atoms with van der Waals surface area (Å²) in [4.78, 5) is 0. The highest BCUT2D eigenvalue weighted by Crippen LogP contribution is 2.34. The van der Waals surface area contributed by atoms with Gasteiger partial charge >= 0.3 is 6.18 Å². The first-order chi connectivity index (χ1) is 7.97. The fraction of sp³-hybridized carbons (Fsp3) is 0.500. The number of hydrogen-bond acceptors (Lipinski definition) is 1. The number of alkyl halides is 3. The van der Waals surface area contributed by atoms with Crippen molar-refractivity contribution < 1.29 is 13.2 Å².